The lowest BCUT2D eigenvalue weighted by Crippen LogP contribution is -2.45. The van der Waals surface area contributed by atoms with Gasteiger partial charge in [0.25, 0.3) is 0 Å². The van der Waals surface area contributed by atoms with Crippen molar-refractivity contribution in [3.63, 3.8) is 0 Å². The minimum atomic E-state index is -4.48. The highest BCUT2D eigenvalue weighted by atomic mass is 19.4. The summed E-state index contributed by atoms with van der Waals surface area (Å²) in [4.78, 5) is 16.4. The van der Waals surface area contributed by atoms with E-state index < -0.39 is 30.5 Å². The number of rotatable bonds is 5. The predicted molar refractivity (Wildman–Crippen MR) is 75.3 cm³/mol. The lowest BCUT2D eigenvalue weighted by Gasteiger charge is -2.31. The summed E-state index contributed by atoms with van der Waals surface area (Å²) in [5.74, 6) is -1.49. The van der Waals surface area contributed by atoms with Gasteiger partial charge < -0.3 is 4.90 Å². The second kappa shape index (κ2) is 7.38. The van der Waals surface area contributed by atoms with Crippen molar-refractivity contribution in [3.8, 4) is 0 Å². The fourth-order valence-corrected chi connectivity index (χ4v) is 1.76. The van der Waals surface area contributed by atoms with Gasteiger partial charge in [-0.1, -0.05) is 13.8 Å². The van der Waals surface area contributed by atoms with E-state index in [0.29, 0.717) is 5.56 Å². The summed E-state index contributed by atoms with van der Waals surface area (Å²) in [6, 6.07) is 0.556. The van der Waals surface area contributed by atoms with Crippen LogP contribution in [0.15, 0.2) is 24.5 Å². The summed E-state index contributed by atoms with van der Waals surface area (Å²) in [5, 5.41) is 0. The van der Waals surface area contributed by atoms with Gasteiger partial charge >= 0.3 is 6.18 Å². The van der Waals surface area contributed by atoms with Gasteiger partial charge in [-0.05, 0) is 30.5 Å². The van der Waals surface area contributed by atoms with Gasteiger partial charge in [-0.2, -0.15) is 13.2 Å². The molecule has 1 aromatic heterocycles. The predicted octanol–water partition coefficient (Wildman–Crippen LogP) is 3.67. The van der Waals surface area contributed by atoms with Gasteiger partial charge in [-0.25, -0.2) is 4.39 Å². The highest BCUT2D eigenvalue weighted by molar-refractivity contribution is 5.92. The maximum absolute atomic E-state index is 13.0. The Bertz CT molecular complexity index is 541. The van der Waals surface area contributed by atoms with E-state index in [1.54, 1.807) is 20.8 Å². The average Bonchev–Trinajstić information content (AvgIpc) is 2.40. The van der Waals surface area contributed by atoms with Crippen molar-refractivity contribution in [1.29, 1.82) is 0 Å². The van der Waals surface area contributed by atoms with Crippen LogP contribution in [-0.2, 0) is 4.79 Å². The number of halogens is 4. The topological polar surface area (TPSA) is 33.2 Å². The summed E-state index contributed by atoms with van der Waals surface area (Å²) in [6.07, 6.45) is 0.0752. The number of pyridine rings is 1. The van der Waals surface area contributed by atoms with Gasteiger partial charge in [-0.3, -0.25) is 9.78 Å². The van der Waals surface area contributed by atoms with Crippen molar-refractivity contribution in [2.45, 2.75) is 33.0 Å². The number of aromatic nitrogens is 1. The molecule has 1 atom stereocenters. The van der Waals surface area contributed by atoms with Gasteiger partial charge in [0, 0.05) is 18.3 Å². The largest absolute Gasteiger partial charge is 0.406 e. The van der Waals surface area contributed by atoms with Crippen LogP contribution in [0.5, 0.6) is 0 Å². The van der Waals surface area contributed by atoms with Gasteiger partial charge in [-0.15, -0.1) is 0 Å². The van der Waals surface area contributed by atoms with Crippen LogP contribution in [0.2, 0.25) is 0 Å². The van der Waals surface area contributed by atoms with E-state index in [4.69, 9.17) is 0 Å². The maximum atomic E-state index is 13.0. The van der Waals surface area contributed by atoms with Crippen LogP contribution in [0.1, 0.15) is 26.3 Å². The first-order chi connectivity index (χ1) is 10.1. The number of nitrogens with zero attached hydrogens (tertiary/aromatic N) is 2. The number of carbonyl (C=O) groups is 1. The van der Waals surface area contributed by atoms with Crippen LogP contribution in [0, 0.1) is 11.7 Å². The SMILES string of the molecule is CC(C)C(C)N(CC(F)(F)F)C(=O)C=Cc1cncc(F)c1. The van der Waals surface area contributed by atoms with Crippen molar-refractivity contribution in [3.05, 3.63) is 35.9 Å². The van der Waals surface area contributed by atoms with Crippen LogP contribution in [0.4, 0.5) is 17.6 Å². The number of hydrogen-bond acceptors (Lipinski definition) is 2. The maximum Gasteiger partial charge on any atom is 0.406 e. The molecule has 0 N–H and O–H groups in total. The lowest BCUT2D eigenvalue weighted by atomic mass is 10.0. The molecule has 22 heavy (non-hydrogen) atoms. The standard InChI is InChI=1S/C15H18F4N2O/c1-10(2)11(3)21(9-15(17,18)19)14(22)5-4-12-6-13(16)8-20-7-12/h4-8,10-11H,9H2,1-3H3. The number of carbonyl (C=O) groups excluding carboxylic acids is 1. The summed E-state index contributed by atoms with van der Waals surface area (Å²) < 4.78 is 50.9. The number of alkyl halides is 3. The van der Waals surface area contributed by atoms with E-state index in [2.05, 4.69) is 4.98 Å². The fraction of sp³-hybridized carbons (Fsp3) is 0.467. The molecule has 0 bridgehead atoms. The second-order valence-electron chi connectivity index (χ2n) is 5.34. The van der Waals surface area contributed by atoms with Crippen LogP contribution >= 0.6 is 0 Å². The molecule has 0 aliphatic rings. The highest BCUT2D eigenvalue weighted by Gasteiger charge is 2.35. The van der Waals surface area contributed by atoms with Crippen molar-refractivity contribution in [1.82, 2.24) is 9.88 Å². The molecule has 1 unspecified atom stereocenters. The van der Waals surface area contributed by atoms with Crippen LogP contribution in [0.3, 0.4) is 0 Å². The van der Waals surface area contributed by atoms with E-state index in [0.717, 1.165) is 23.2 Å². The summed E-state index contributed by atoms with van der Waals surface area (Å²) >= 11 is 0. The smallest absolute Gasteiger partial charge is 0.327 e. The van der Waals surface area contributed by atoms with Gasteiger partial charge in [0.2, 0.25) is 5.91 Å². The third kappa shape index (κ3) is 5.83. The van der Waals surface area contributed by atoms with E-state index >= 15 is 0 Å². The molecule has 122 valence electrons. The Balaban J connectivity index is 2.92. The fourth-order valence-electron chi connectivity index (χ4n) is 1.76. The third-order valence-corrected chi connectivity index (χ3v) is 3.23. The molecule has 0 aromatic carbocycles. The van der Waals surface area contributed by atoms with Crippen LogP contribution < -0.4 is 0 Å². The monoisotopic (exact) mass is 318 g/mol. The Kier molecular flexibility index (Phi) is 6.08. The zero-order valence-corrected chi connectivity index (χ0v) is 12.6. The normalized spacial score (nSPS) is 13.6. The third-order valence-electron chi connectivity index (χ3n) is 3.23. The molecule has 1 rings (SSSR count). The molecular weight excluding hydrogens is 300 g/mol. The molecule has 3 nitrogen and oxygen atoms in total. The first kappa shape index (κ1) is 18.1. The summed E-state index contributed by atoms with van der Waals surface area (Å²) in [7, 11) is 0. The molecule has 1 amide bonds. The van der Waals surface area contributed by atoms with Crippen molar-refractivity contribution in [2.24, 2.45) is 5.92 Å². The Labute approximate surface area is 126 Å². The molecular formula is C15H18F4N2O. The van der Waals surface area contributed by atoms with Crippen LogP contribution in [0.25, 0.3) is 6.08 Å². The molecule has 1 heterocycles. The minimum absolute atomic E-state index is 0.129. The number of amides is 1. The Morgan fingerprint density at radius 3 is 2.45 bits per heavy atom. The number of hydrogen-bond donors (Lipinski definition) is 0. The molecule has 0 aliphatic heterocycles. The lowest BCUT2D eigenvalue weighted by molar-refractivity contribution is -0.163. The minimum Gasteiger partial charge on any atom is -0.327 e. The zero-order chi connectivity index (χ0) is 16.9. The summed E-state index contributed by atoms with van der Waals surface area (Å²) in [6.45, 7) is 3.71. The van der Waals surface area contributed by atoms with Gasteiger partial charge in [0.15, 0.2) is 0 Å². The van der Waals surface area contributed by atoms with E-state index in [1.165, 1.54) is 12.3 Å². The molecule has 0 fully saturated rings. The first-order valence-corrected chi connectivity index (χ1v) is 6.76. The molecule has 0 spiro atoms. The molecule has 0 aliphatic carbocycles. The van der Waals surface area contributed by atoms with Gasteiger partial charge in [0.05, 0.1) is 6.20 Å². The zero-order valence-electron chi connectivity index (χ0n) is 12.6. The van der Waals surface area contributed by atoms with E-state index in [1.807, 2.05) is 0 Å². The molecule has 1 aromatic rings. The van der Waals surface area contributed by atoms with Crippen LogP contribution in [-0.4, -0.2) is 34.6 Å². The Morgan fingerprint density at radius 2 is 1.95 bits per heavy atom. The van der Waals surface area contributed by atoms with Crippen molar-refractivity contribution >= 4 is 12.0 Å². The Hall–Kier alpha value is -1.92. The average molecular weight is 318 g/mol. The van der Waals surface area contributed by atoms with Crippen molar-refractivity contribution in [2.75, 3.05) is 6.54 Å². The quantitative estimate of drug-likeness (QED) is 0.613. The Morgan fingerprint density at radius 1 is 1.32 bits per heavy atom. The molecule has 0 saturated carbocycles. The van der Waals surface area contributed by atoms with Gasteiger partial charge in [0.1, 0.15) is 12.4 Å². The van der Waals surface area contributed by atoms with E-state index in [9.17, 15) is 22.4 Å². The highest BCUT2D eigenvalue weighted by Crippen LogP contribution is 2.21. The first-order valence-electron chi connectivity index (χ1n) is 6.76. The summed E-state index contributed by atoms with van der Waals surface area (Å²) in [5.41, 5.74) is 0.303. The molecule has 7 heteroatoms. The molecule has 0 saturated heterocycles. The van der Waals surface area contributed by atoms with E-state index in [-0.39, 0.29) is 5.92 Å². The second-order valence-corrected chi connectivity index (χ2v) is 5.34. The van der Waals surface area contributed by atoms with Crippen molar-refractivity contribution < 1.29 is 22.4 Å². The molecule has 0 radical (unpaired) electrons.